The molecular formula is C15H20FN3O2. The fourth-order valence-electron chi connectivity index (χ4n) is 2.06. The number of anilines is 1. The van der Waals surface area contributed by atoms with E-state index in [-0.39, 0.29) is 11.0 Å². The lowest BCUT2D eigenvalue weighted by Crippen LogP contribution is -2.38. The van der Waals surface area contributed by atoms with E-state index in [1.165, 1.54) is 12.1 Å². The molecule has 0 aromatic heterocycles. The third-order valence-corrected chi connectivity index (χ3v) is 2.92. The van der Waals surface area contributed by atoms with Crippen LogP contribution < -0.4 is 10.6 Å². The normalized spacial score (nSPS) is 12.4. The fraction of sp³-hybridized carbons (Fsp3) is 0.467. The minimum absolute atomic E-state index is 0.123. The predicted molar refractivity (Wildman–Crippen MR) is 78.2 cm³/mol. The molecule has 0 spiro atoms. The quantitative estimate of drug-likeness (QED) is 0.780. The number of aliphatic hydroxyl groups is 1. The van der Waals surface area contributed by atoms with Crippen molar-refractivity contribution in [3.63, 3.8) is 0 Å². The molecule has 5 nitrogen and oxygen atoms in total. The van der Waals surface area contributed by atoms with Crippen molar-refractivity contribution < 1.29 is 14.3 Å². The maximum absolute atomic E-state index is 13.2. The second-order valence-electron chi connectivity index (χ2n) is 5.83. The number of nitrogens with zero attached hydrogens (tertiary/aromatic N) is 1. The zero-order valence-corrected chi connectivity index (χ0v) is 12.4. The van der Waals surface area contributed by atoms with Crippen LogP contribution in [0.4, 0.5) is 14.9 Å². The van der Waals surface area contributed by atoms with Gasteiger partial charge in [0.1, 0.15) is 11.9 Å². The Balaban J connectivity index is 2.57. The van der Waals surface area contributed by atoms with E-state index in [4.69, 9.17) is 5.26 Å². The molecule has 114 valence electrons. The summed E-state index contributed by atoms with van der Waals surface area (Å²) in [5.74, 6) is -0.624. The largest absolute Gasteiger partial charge is 0.393 e. The van der Waals surface area contributed by atoms with Gasteiger partial charge >= 0.3 is 6.03 Å². The average molecular weight is 293 g/mol. The van der Waals surface area contributed by atoms with Gasteiger partial charge in [-0.15, -0.1) is 0 Å². The third kappa shape index (κ3) is 5.79. The number of hydrogen-bond donors (Lipinski definition) is 3. The van der Waals surface area contributed by atoms with Crippen LogP contribution >= 0.6 is 0 Å². The number of rotatable bonds is 5. The smallest absolute Gasteiger partial charge is 0.319 e. The number of nitrogens with one attached hydrogen (secondary N) is 2. The first kappa shape index (κ1) is 16.9. The minimum atomic E-state index is -0.624. The number of carbonyl (C=O) groups excluding carboxylic acids is 1. The summed E-state index contributed by atoms with van der Waals surface area (Å²) in [7, 11) is 0. The molecule has 0 bridgehead atoms. The monoisotopic (exact) mass is 293 g/mol. The van der Waals surface area contributed by atoms with Crippen molar-refractivity contribution in [3.8, 4) is 6.07 Å². The SMILES string of the molecule is CC(O)CC(C)(C)CNC(=O)Nc1ccc(F)c(C#N)c1. The van der Waals surface area contributed by atoms with E-state index < -0.39 is 18.0 Å². The van der Waals surface area contributed by atoms with Crippen LogP contribution in [-0.2, 0) is 0 Å². The van der Waals surface area contributed by atoms with Gasteiger partial charge < -0.3 is 15.7 Å². The van der Waals surface area contributed by atoms with Gasteiger partial charge in [-0.25, -0.2) is 9.18 Å². The van der Waals surface area contributed by atoms with Crippen LogP contribution in [0.5, 0.6) is 0 Å². The Kier molecular flexibility index (Phi) is 5.68. The van der Waals surface area contributed by atoms with E-state index in [0.717, 1.165) is 6.07 Å². The summed E-state index contributed by atoms with van der Waals surface area (Å²) in [6, 6.07) is 5.06. The molecule has 0 saturated heterocycles. The summed E-state index contributed by atoms with van der Waals surface area (Å²) in [4.78, 5) is 11.8. The Morgan fingerprint density at radius 1 is 1.52 bits per heavy atom. The number of carbonyl (C=O) groups is 1. The lowest BCUT2D eigenvalue weighted by atomic mass is 9.87. The Labute approximate surface area is 123 Å². The first-order valence-corrected chi connectivity index (χ1v) is 6.66. The lowest BCUT2D eigenvalue weighted by molar-refractivity contribution is 0.129. The first-order valence-electron chi connectivity index (χ1n) is 6.66. The zero-order chi connectivity index (χ0) is 16.0. The molecule has 1 rings (SSSR count). The zero-order valence-electron chi connectivity index (χ0n) is 12.4. The molecule has 0 aliphatic carbocycles. The van der Waals surface area contributed by atoms with E-state index in [0.29, 0.717) is 18.7 Å². The van der Waals surface area contributed by atoms with Gasteiger partial charge in [-0.1, -0.05) is 13.8 Å². The molecule has 6 heteroatoms. The molecule has 0 fully saturated rings. The van der Waals surface area contributed by atoms with Crippen LogP contribution in [-0.4, -0.2) is 23.8 Å². The van der Waals surface area contributed by atoms with Crippen molar-refractivity contribution in [1.82, 2.24) is 5.32 Å². The summed E-state index contributed by atoms with van der Waals surface area (Å²) in [6.45, 7) is 5.96. The van der Waals surface area contributed by atoms with Crippen molar-refractivity contribution in [3.05, 3.63) is 29.6 Å². The Morgan fingerprint density at radius 2 is 2.19 bits per heavy atom. The Morgan fingerprint density at radius 3 is 2.76 bits per heavy atom. The number of aliphatic hydroxyl groups excluding tert-OH is 1. The van der Waals surface area contributed by atoms with E-state index >= 15 is 0 Å². The molecule has 0 radical (unpaired) electrons. The van der Waals surface area contributed by atoms with Gasteiger partial charge in [-0.3, -0.25) is 0 Å². The highest BCUT2D eigenvalue weighted by Gasteiger charge is 2.21. The van der Waals surface area contributed by atoms with Crippen molar-refractivity contribution in [2.75, 3.05) is 11.9 Å². The van der Waals surface area contributed by atoms with E-state index in [2.05, 4.69) is 10.6 Å². The van der Waals surface area contributed by atoms with Crippen LogP contribution in [0.2, 0.25) is 0 Å². The average Bonchev–Trinajstić information content (AvgIpc) is 2.37. The van der Waals surface area contributed by atoms with Crippen LogP contribution in [0.25, 0.3) is 0 Å². The van der Waals surface area contributed by atoms with Crippen LogP contribution in [0.1, 0.15) is 32.8 Å². The van der Waals surface area contributed by atoms with Gasteiger partial charge in [0.25, 0.3) is 0 Å². The van der Waals surface area contributed by atoms with Crippen molar-refractivity contribution in [2.45, 2.75) is 33.3 Å². The van der Waals surface area contributed by atoms with Gasteiger partial charge in [0.15, 0.2) is 0 Å². The second-order valence-corrected chi connectivity index (χ2v) is 5.83. The minimum Gasteiger partial charge on any atom is -0.393 e. The number of hydrogen-bond acceptors (Lipinski definition) is 3. The number of amides is 2. The lowest BCUT2D eigenvalue weighted by Gasteiger charge is -2.26. The summed E-state index contributed by atoms with van der Waals surface area (Å²) in [6.07, 6.45) is 0.114. The number of nitriles is 1. The number of benzene rings is 1. The molecule has 21 heavy (non-hydrogen) atoms. The highest BCUT2D eigenvalue weighted by Crippen LogP contribution is 2.21. The van der Waals surface area contributed by atoms with E-state index in [9.17, 15) is 14.3 Å². The third-order valence-electron chi connectivity index (χ3n) is 2.92. The highest BCUT2D eigenvalue weighted by atomic mass is 19.1. The molecule has 1 aromatic carbocycles. The summed E-state index contributed by atoms with van der Waals surface area (Å²) < 4.78 is 13.2. The molecule has 0 aliphatic heterocycles. The topological polar surface area (TPSA) is 85.2 Å². The predicted octanol–water partition coefficient (Wildman–Crippen LogP) is 2.62. The molecular weight excluding hydrogens is 273 g/mol. The molecule has 3 N–H and O–H groups in total. The molecule has 1 aromatic rings. The fourth-order valence-corrected chi connectivity index (χ4v) is 2.06. The van der Waals surface area contributed by atoms with Crippen molar-refractivity contribution in [2.24, 2.45) is 5.41 Å². The van der Waals surface area contributed by atoms with Gasteiger partial charge in [0.05, 0.1) is 11.7 Å². The maximum Gasteiger partial charge on any atom is 0.319 e. The molecule has 0 saturated carbocycles. The second kappa shape index (κ2) is 7.04. The van der Waals surface area contributed by atoms with Crippen LogP contribution in [0, 0.1) is 22.6 Å². The summed E-state index contributed by atoms with van der Waals surface area (Å²) in [5, 5.41) is 23.3. The van der Waals surface area contributed by atoms with E-state index in [1.807, 2.05) is 13.8 Å². The molecule has 1 atom stereocenters. The standard InChI is InChI=1S/C15H20FN3O2/c1-10(20)7-15(2,3)9-18-14(21)19-12-4-5-13(16)11(6-12)8-17/h4-6,10,20H,7,9H2,1-3H3,(H2,18,19,21). The first-order chi connectivity index (χ1) is 9.73. The molecule has 1 unspecified atom stereocenters. The molecule has 0 aliphatic rings. The van der Waals surface area contributed by atoms with Crippen LogP contribution in [0.15, 0.2) is 18.2 Å². The molecule has 2 amide bonds. The Bertz CT molecular complexity index is 550. The van der Waals surface area contributed by atoms with Crippen LogP contribution in [0.3, 0.4) is 0 Å². The number of halogens is 1. The number of urea groups is 1. The van der Waals surface area contributed by atoms with Gasteiger partial charge in [-0.05, 0) is 37.0 Å². The Hall–Kier alpha value is -2.13. The molecule has 0 heterocycles. The van der Waals surface area contributed by atoms with Crippen molar-refractivity contribution >= 4 is 11.7 Å². The maximum atomic E-state index is 13.2. The summed E-state index contributed by atoms with van der Waals surface area (Å²) in [5.41, 5.74) is -0.0208. The van der Waals surface area contributed by atoms with Crippen molar-refractivity contribution in [1.29, 1.82) is 5.26 Å². The summed E-state index contributed by atoms with van der Waals surface area (Å²) >= 11 is 0. The van der Waals surface area contributed by atoms with E-state index in [1.54, 1.807) is 13.0 Å². The van der Waals surface area contributed by atoms with Gasteiger partial charge in [0.2, 0.25) is 0 Å². The van der Waals surface area contributed by atoms with Gasteiger partial charge in [-0.2, -0.15) is 5.26 Å². The highest BCUT2D eigenvalue weighted by molar-refractivity contribution is 5.89. The van der Waals surface area contributed by atoms with Gasteiger partial charge in [0, 0.05) is 12.2 Å².